The predicted octanol–water partition coefficient (Wildman–Crippen LogP) is 12.9. The van der Waals surface area contributed by atoms with Gasteiger partial charge in [-0.1, -0.05) is 130 Å². The Morgan fingerprint density at radius 2 is 0.965 bits per heavy atom. The first kappa shape index (κ1) is 35.1. The molecule has 270 valence electrons. The molecule has 2 aromatic heterocycles. The third-order valence-electron chi connectivity index (χ3n) is 10.6. The van der Waals surface area contributed by atoms with Gasteiger partial charge in [0.25, 0.3) is 0 Å². The maximum atomic E-state index is 9.80. The highest BCUT2D eigenvalue weighted by Crippen LogP contribution is 2.45. The van der Waals surface area contributed by atoms with Crippen molar-refractivity contribution in [1.82, 2.24) is 14.5 Å². The Kier molecular flexibility index (Phi) is 8.77. The minimum absolute atomic E-state index is 0.0327. The topological polar surface area (TPSA) is 78.3 Å². The summed E-state index contributed by atoms with van der Waals surface area (Å²) in [6, 6.07) is 62.4. The first-order valence-electron chi connectivity index (χ1n) is 19.0. The van der Waals surface area contributed by atoms with Gasteiger partial charge in [0.2, 0.25) is 0 Å². The zero-order valence-corrected chi connectivity index (χ0v) is 31.9. The van der Waals surface area contributed by atoms with Gasteiger partial charge in [-0.25, -0.2) is 9.97 Å². The molecule has 0 amide bonds. The first-order chi connectivity index (χ1) is 27.8. The summed E-state index contributed by atoms with van der Waals surface area (Å²) >= 11 is 0. The monoisotopic (exact) mass is 731 g/mol. The van der Waals surface area contributed by atoms with Crippen molar-refractivity contribution in [1.29, 1.82) is 10.5 Å². The average molecular weight is 732 g/mol. The van der Waals surface area contributed by atoms with Gasteiger partial charge in [0.15, 0.2) is 5.82 Å². The van der Waals surface area contributed by atoms with Gasteiger partial charge < -0.3 is 4.57 Å². The van der Waals surface area contributed by atoms with Crippen LogP contribution in [0.4, 0.5) is 0 Å². The average Bonchev–Trinajstić information content (AvgIpc) is 3.59. The Bertz CT molecular complexity index is 2890. The van der Waals surface area contributed by atoms with Crippen LogP contribution in [0.5, 0.6) is 0 Å². The van der Waals surface area contributed by atoms with Gasteiger partial charge >= 0.3 is 0 Å². The van der Waals surface area contributed by atoms with Crippen LogP contribution in [0.15, 0.2) is 170 Å². The van der Waals surface area contributed by atoms with E-state index in [4.69, 9.17) is 9.97 Å². The second kappa shape index (κ2) is 14.2. The summed E-state index contributed by atoms with van der Waals surface area (Å²) in [5.74, 6) is 0.632. The van der Waals surface area contributed by atoms with Gasteiger partial charge in [-0.2, -0.15) is 10.5 Å². The largest absolute Gasteiger partial charge is 0.308 e. The Balaban J connectivity index is 1.41. The molecule has 0 aliphatic carbocycles. The van der Waals surface area contributed by atoms with E-state index in [0.29, 0.717) is 17.0 Å². The standard InChI is InChI=1S/C52H37N5/c1-52(2,3)41-26-27-49-45(30-41)42-16-10-11-17-48(42)57(49)50-43(36-22-18-34(32-53)19-23-36)28-40(29-44(50)37-24-20-35(33-54)21-25-37)47-31-46(38-12-6-4-7-13-38)55-51(56-47)39-14-8-5-9-15-39/h4-31H,1-3H3. The molecule has 0 bridgehead atoms. The number of rotatable bonds is 6. The van der Waals surface area contributed by atoms with E-state index in [1.54, 1.807) is 0 Å². The van der Waals surface area contributed by atoms with E-state index in [1.165, 1.54) is 10.9 Å². The fourth-order valence-corrected chi connectivity index (χ4v) is 7.66. The van der Waals surface area contributed by atoms with E-state index < -0.39 is 0 Å². The van der Waals surface area contributed by atoms with Crippen LogP contribution in [-0.2, 0) is 5.41 Å². The van der Waals surface area contributed by atoms with E-state index in [1.807, 2.05) is 97.1 Å². The van der Waals surface area contributed by atoms with Crippen LogP contribution >= 0.6 is 0 Å². The van der Waals surface area contributed by atoms with E-state index in [9.17, 15) is 10.5 Å². The molecule has 57 heavy (non-hydrogen) atoms. The Morgan fingerprint density at radius 1 is 0.456 bits per heavy atom. The maximum absolute atomic E-state index is 9.80. The Labute approximate surface area is 332 Å². The summed E-state index contributed by atoms with van der Waals surface area (Å²) in [6.07, 6.45) is 0. The third kappa shape index (κ3) is 6.52. The minimum Gasteiger partial charge on any atom is -0.308 e. The fourth-order valence-electron chi connectivity index (χ4n) is 7.66. The molecule has 0 atom stereocenters. The van der Waals surface area contributed by atoms with Crippen LogP contribution in [0.25, 0.3) is 83.6 Å². The summed E-state index contributed by atoms with van der Waals surface area (Å²) in [5.41, 5.74) is 13.8. The van der Waals surface area contributed by atoms with Crippen molar-refractivity contribution in [3.8, 4) is 74.0 Å². The predicted molar refractivity (Wildman–Crippen MR) is 232 cm³/mol. The van der Waals surface area contributed by atoms with Crippen molar-refractivity contribution < 1.29 is 0 Å². The molecule has 7 aromatic carbocycles. The van der Waals surface area contributed by atoms with Crippen LogP contribution < -0.4 is 0 Å². The van der Waals surface area contributed by atoms with Gasteiger partial charge in [-0.3, -0.25) is 0 Å². The smallest absolute Gasteiger partial charge is 0.160 e. The first-order valence-corrected chi connectivity index (χ1v) is 19.0. The molecule has 5 nitrogen and oxygen atoms in total. The van der Waals surface area contributed by atoms with Crippen LogP contribution in [0.3, 0.4) is 0 Å². The number of benzene rings is 7. The molecule has 9 rings (SSSR count). The number of nitrogens with zero attached hydrogens (tertiary/aromatic N) is 5. The normalized spacial score (nSPS) is 11.4. The van der Waals surface area contributed by atoms with Crippen molar-refractivity contribution in [3.63, 3.8) is 0 Å². The van der Waals surface area contributed by atoms with E-state index in [2.05, 4.69) is 110 Å². The SMILES string of the molecule is CC(C)(C)c1ccc2c(c1)c1ccccc1n2-c1c(-c2ccc(C#N)cc2)cc(-c2cc(-c3ccccc3)nc(-c3ccccc3)n2)cc1-c1ccc(C#N)cc1. The lowest BCUT2D eigenvalue weighted by molar-refractivity contribution is 0.591. The molecule has 0 aliphatic heterocycles. The lowest BCUT2D eigenvalue weighted by Crippen LogP contribution is -2.10. The zero-order chi connectivity index (χ0) is 39.1. The molecule has 0 spiro atoms. The Hall–Kier alpha value is -7.60. The molecule has 0 fully saturated rings. The lowest BCUT2D eigenvalue weighted by Gasteiger charge is -2.22. The second-order valence-corrected chi connectivity index (χ2v) is 15.3. The van der Waals surface area contributed by atoms with Crippen molar-refractivity contribution in [2.45, 2.75) is 26.2 Å². The van der Waals surface area contributed by atoms with E-state index in [0.717, 1.165) is 72.4 Å². The van der Waals surface area contributed by atoms with Gasteiger partial charge in [0, 0.05) is 38.6 Å². The number of nitriles is 2. The molecule has 0 radical (unpaired) electrons. The van der Waals surface area contributed by atoms with Crippen LogP contribution in [0, 0.1) is 22.7 Å². The van der Waals surface area contributed by atoms with Crippen molar-refractivity contribution in [3.05, 3.63) is 187 Å². The number of para-hydroxylation sites is 1. The molecular formula is C52H37N5. The molecule has 9 aromatic rings. The molecule has 5 heteroatoms. The van der Waals surface area contributed by atoms with Gasteiger partial charge in [0.05, 0.1) is 51.4 Å². The van der Waals surface area contributed by atoms with Crippen molar-refractivity contribution >= 4 is 21.8 Å². The summed E-state index contributed by atoms with van der Waals surface area (Å²) in [4.78, 5) is 10.3. The third-order valence-corrected chi connectivity index (χ3v) is 10.6. The zero-order valence-electron chi connectivity index (χ0n) is 31.9. The van der Waals surface area contributed by atoms with Crippen LogP contribution in [-0.4, -0.2) is 14.5 Å². The van der Waals surface area contributed by atoms with E-state index >= 15 is 0 Å². The highest BCUT2D eigenvalue weighted by molar-refractivity contribution is 6.11. The van der Waals surface area contributed by atoms with Crippen LogP contribution in [0.2, 0.25) is 0 Å². The molecule has 0 saturated heterocycles. The number of hydrogen-bond donors (Lipinski definition) is 0. The van der Waals surface area contributed by atoms with Gasteiger partial charge in [-0.05, 0) is 82.8 Å². The summed E-state index contributed by atoms with van der Waals surface area (Å²) < 4.78 is 2.38. The quantitative estimate of drug-likeness (QED) is 0.171. The highest BCUT2D eigenvalue weighted by Gasteiger charge is 2.24. The van der Waals surface area contributed by atoms with Gasteiger partial charge in [-0.15, -0.1) is 0 Å². The highest BCUT2D eigenvalue weighted by atomic mass is 15.0. The minimum atomic E-state index is -0.0327. The fraction of sp³-hybridized carbons (Fsp3) is 0.0769. The maximum Gasteiger partial charge on any atom is 0.160 e. The number of hydrogen-bond acceptors (Lipinski definition) is 4. The van der Waals surface area contributed by atoms with Crippen LogP contribution in [0.1, 0.15) is 37.5 Å². The van der Waals surface area contributed by atoms with Gasteiger partial charge in [0.1, 0.15) is 0 Å². The molecule has 0 unspecified atom stereocenters. The summed E-state index contributed by atoms with van der Waals surface area (Å²) in [7, 11) is 0. The molecule has 0 aliphatic rings. The lowest BCUT2D eigenvalue weighted by atomic mass is 9.86. The molecule has 2 heterocycles. The Morgan fingerprint density at radius 3 is 1.53 bits per heavy atom. The number of aromatic nitrogens is 3. The second-order valence-electron chi connectivity index (χ2n) is 15.3. The van der Waals surface area contributed by atoms with E-state index in [-0.39, 0.29) is 5.41 Å². The molecular weight excluding hydrogens is 695 g/mol. The summed E-state index contributed by atoms with van der Waals surface area (Å²) in [5, 5.41) is 21.9. The molecule has 0 N–H and O–H groups in total. The number of fused-ring (bicyclic) bond motifs is 3. The van der Waals surface area contributed by atoms with Crippen molar-refractivity contribution in [2.75, 3.05) is 0 Å². The molecule has 0 saturated carbocycles. The van der Waals surface area contributed by atoms with Crippen molar-refractivity contribution in [2.24, 2.45) is 0 Å². The summed E-state index contributed by atoms with van der Waals surface area (Å²) in [6.45, 7) is 6.74.